The number of amides is 1. The van der Waals surface area contributed by atoms with E-state index in [1.165, 1.54) is 17.5 Å². The van der Waals surface area contributed by atoms with Crippen LogP contribution < -0.4 is 15.0 Å². The molecule has 11 heteroatoms. The van der Waals surface area contributed by atoms with Crippen LogP contribution in [0.3, 0.4) is 0 Å². The van der Waals surface area contributed by atoms with Gasteiger partial charge in [-0.2, -0.15) is 4.31 Å². The number of benzene rings is 2. The zero-order valence-electron chi connectivity index (χ0n) is 18.2. The number of methoxy groups -OCH3 is 1. The van der Waals surface area contributed by atoms with Crippen LogP contribution in [0.2, 0.25) is 5.02 Å². The zero-order chi connectivity index (χ0) is 24.3. The number of nitrogens with one attached hydrogen (secondary N) is 1. The van der Waals surface area contributed by atoms with Gasteiger partial charge in [0.05, 0.1) is 23.3 Å². The molecule has 1 saturated heterocycles. The van der Waals surface area contributed by atoms with E-state index in [0.717, 1.165) is 24.0 Å². The molecule has 1 aliphatic heterocycles. The maximum atomic E-state index is 14.5. The molecule has 0 unspecified atom stereocenters. The summed E-state index contributed by atoms with van der Waals surface area (Å²) >= 11 is 5.98. The Balaban J connectivity index is 1.53. The normalized spacial score (nSPS) is 14.6. The summed E-state index contributed by atoms with van der Waals surface area (Å²) in [4.78, 5) is 18.9. The summed E-state index contributed by atoms with van der Waals surface area (Å²) in [6.45, 7) is 1.38. The first-order chi connectivity index (χ1) is 16.3. The Morgan fingerprint density at radius 3 is 2.53 bits per heavy atom. The number of hydrogen-bond donors (Lipinski definition) is 1. The average molecular weight is 505 g/mol. The van der Waals surface area contributed by atoms with Crippen LogP contribution in [0.1, 0.15) is 10.4 Å². The average Bonchev–Trinajstić information content (AvgIpc) is 2.85. The first kappa shape index (κ1) is 23.9. The SMILES string of the molecule is COc1ccc(Cl)cc1NC(=O)c1cc(S(=O)(=O)N2CCN(c3ccccn3)CC2)ccc1F. The minimum Gasteiger partial charge on any atom is -0.495 e. The van der Waals surface area contributed by atoms with Gasteiger partial charge in [-0.15, -0.1) is 0 Å². The molecule has 4 rings (SSSR count). The van der Waals surface area contributed by atoms with Gasteiger partial charge in [-0.3, -0.25) is 4.79 Å². The highest BCUT2D eigenvalue weighted by molar-refractivity contribution is 7.89. The lowest BCUT2D eigenvalue weighted by Crippen LogP contribution is -2.48. The number of halogens is 2. The van der Waals surface area contributed by atoms with Crippen LogP contribution in [0.15, 0.2) is 65.7 Å². The van der Waals surface area contributed by atoms with Crippen molar-refractivity contribution in [3.8, 4) is 5.75 Å². The van der Waals surface area contributed by atoms with E-state index < -0.39 is 27.3 Å². The molecule has 2 heterocycles. The van der Waals surface area contributed by atoms with Gasteiger partial charge >= 0.3 is 0 Å². The van der Waals surface area contributed by atoms with Crippen molar-refractivity contribution in [2.24, 2.45) is 0 Å². The Kier molecular flexibility index (Phi) is 7.01. The molecule has 8 nitrogen and oxygen atoms in total. The van der Waals surface area contributed by atoms with Crippen molar-refractivity contribution < 1.29 is 22.3 Å². The molecule has 1 aliphatic rings. The van der Waals surface area contributed by atoms with Crippen molar-refractivity contribution in [2.45, 2.75) is 4.90 Å². The van der Waals surface area contributed by atoms with Gasteiger partial charge in [0.1, 0.15) is 17.4 Å². The van der Waals surface area contributed by atoms with Gasteiger partial charge in [0.25, 0.3) is 5.91 Å². The maximum absolute atomic E-state index is 14.5. The number of carbonyl (C=O) groups is 1. The molecule has 0 radical (unpaired) electrons. The van der Waals surface area contributed by atoms with Crippen LogP contribution >= 0.6 is 11.6 Å². The van der Waals surface area contributed by atoms with Crippen molar-refractivity contribution in [2.75, 3.05) is 43.5 Å². The summed E-state index contributed by atoms with van der Waals surface area (Å²) in [5.41, 5.74) is -0.173. The highest BCUT2D eigenvalue weighted by Crippen LogP contribution is 2.29. The second-order valence-electron chi connectivity index (χ2n) is 7.52. The smallest absolute Gasteiger partial charge is 0.258 e. The number of sulfonamides is 1. The molecule has 178 valence electrons. The van der Waals surface area contributed by atoms with E-state index in [9.17, 15) is 17.6 Å². The summed E-state index contributed by atoms with van der Waals surface area (Å²) in [6, 6.07) is 13.3. The molecular formula is C23H22ClFN4O4S. The lowest BCUT2D eigenvalue weighted by molar-refractivity contribution is 0.102. The lowest BCUT2D eigenvalue weighted by Gasteiger charge is -2.34. The van der Waals surface area contributed by atoms with E-state index in [4.69, 9.17) is 16.3 Å². The fraction of sp³-hybridized carbons (Fsp3) is 0.217. The number of aromatic nitrogens is 1. The molecule has 1 N–H and O–H groups in total. The summed E-state index contributed by atoms with van der Waals surface area (Å²) in [5.74, 6) is -0.572. The molecule has 0 bridgehead atoms. The van der Waals surface area contributed by atoms with Gasteiger partial charge < -0.3 is 15.0 Å². The molecule has 1 amide bonds. The molecule has 1 fully saturated rings. The van der Waals surface area contributed by atoms with E-state index in [-0.39, 0.29) is 23.7 Å². The molecule has 3 aromatic rings. The summed E-state index contributed by atoms with van der Waals surface area (Å²) < 4.78 is 47.5. The fourth-order valence-corrected chi connectivity index (χ4v) is 5.27. The molecule has 1 aromatic heterocycles. The Morgan fingerprint density at radius 2 is 1.85 bits per heavy atom. The minimum atomic E-state index is -3.94. The fourth-order valence-electron chi connectivity index (χ4n) is 3.65. The van der Waals surface area contributed by atoms with Crippen LogP contribution in [-0.2, 0) is 10.0 Å². The highest BCUT2D eigenvalue weighted by Gasteiger charge is 2.30. The monoisotopic (exact) mass is 504 g/mol. The van der Waals surface area contributed by atoms with Crippen LogP contribution in [0.4, 0.5) is 15.9 Å². The topological polar surface area (TPSA) is 91.8 Å². The Bertz CT molecular complexity index is 1300. The van der Waals surface area contributed by atoms with Gasteiger partial charge in [0.15, 0.2) is 0 Å². The van der Waals surface area contributed by atoms with E-state index in [2.05, 4.69) is 10.3 Å². The van der Waals surface area contributed by atoms with E-state index in [1.807, 2.05) is 23.1 Å². The number of carbonyl (C=O) groups excluding carboxylic acids is 1. The van der Waals surface area contributed by atoms with Crippen molar-refractivity contribution >= 4 is 39.0 Å². The Morgan fingerprint density at radius 1 is 1.09 bits per heavy atom. The molecule has 34 heavy (non-hydrogen) atoms. The number of pyridine rings is 1. The third-order valence-corrected chi connectivity index (χ3v) is 7.57. The van der Waals surface area contributed by atoms with Gasteiger partial charge in [-0.05, 0) is 48.5 Å². The number of nitrogens with zero attached hydrogens (tertiary/aromatic N) is 3. The number of piperazine rings is 1. The number of hydrogen-bond acceptors (Lipinski definition) is 6. The predicted octanol–water partition coefficient (Wildman–Crippen LogP) is 3.65. The number of ether oxygens (including phenoxy) is 1. The lowest BCUT2D eigenvalue weighted by atomic mass is 10.2. The zero-order valence-corrected chi connectivity index (χ0v) is 19.8. The molecule has 0 spiro atoms. The van der Waals surface area contributed by atoms with Crippen LogP contribution in [0.5, 0.6) is 5.75 Å². The van der Waals surface area contributed by atoms with E-state index >= 15 is 0 Å². The third kappa shape index (κ3) is 4.98. The second-order valence-corrected chi connectivity index (χ2v) is 9.89. The van der Waals surface area contributed by atoms with Crippen molar-refractivity contribution in [1.29, 1.82) is 0 Å². The largest absolute Gasteiger partial charge is 0.495 e. The van der Waals surface area contributed by atoms with Crippen LogP contribution in [0.25, 0.3) is 0 Å². The predicted molar refractivity (Wildman–Crippen MR) is 128 cm³/mol. The van der Waals surface area contributed by atoms with Gasteiger partial charge in [0.2, 0.25) is 10.0 Å². The Labute approximate surface area is 202 Å². The number of anilines is 2. The van der Waals surface area contributed by atoms with Gasteiger partial charge in [0, 0.05) is 37.4 Å². The molecule has 0 atom stereocenters. The minimum absolute atomic E-state index is 0.164. The summed E-state index contributed by atoms with van der Waals surface area (Å²) in [5, 5.41) is 2.88. The standard InChI is InChI=1S/C23H22ClFN4O4S/c1-33-21-8-5-16(24)14-20(21)27-23(30)18-15-17(6-7-19(18)25)34(31,32)29-12-10-28(11-13-29)22-4-2-3-9-26-22/h2-9,14-15H,10-13H2,1H3,(H,27,30). The Hall–Kier alpha value is -3.21. The molecule has 0 aliphatic carbocycles. The van der Waals surface area contributed by atoms with Gasteiger partial charge in [-0.1, -0.05) is 17.7 Å². The maximum Gasteiger partial charge on any atom is 0.258 e. The van der Waals surface area contributed by atoms with Crippen LogP contribution in [0, 0.1) is 5.82 Å². The first-order valence-electron chi connectivity index (χ1n) is 10.4. The second kappa shape index (κ2) is 9.96. The first-order valence-corrected chi connectivity index (χ1v) is 12.2. The summed E-state index contributed by atoms with van der Waals surface area (Å²) in [6.07, 6.45) is 1.68. The molecule has 0 saturated carbocycles. The molecular weight excluding hydrogens is 483 g/mol. The number of rotatable bonds is 6. The van der Waals surface area contributed by atoms with Gasteiger partial charge in [-0.25, -0.2) is 17.8 Å². The van der Waals surface area contributed by atoms with Crippen molar-refractivity contribution in [1.82, 2.24) is 9.29 Å². The summed E-state index contributed by atoms with van der Waals surface area (Å²) in [7, 11) is -2.52. The van der Waals surface area contributed by atoms with Crippen molar-refractivity contribution in [3.63, 3.8) is 0 Å². The van der Waals surface area contributed by atoms with E-state index in [0.29, 0.717) is 23.9 Å². The quantitative estimate of drug-likeness (QED) is 0.551. The molecule has 2 aromatic carbocycles. The van der Waals surface area contributed by atoms with E-state index in [1.54, 1.807) is 18.3 Å². The highest BCUT2D eigenvalue weighted by atomic mass is 35.5. The third-order valence-electron chi connectivity index (χ3n) is 5.44. The van der Waals surface area contributed by atoms with Crippen molar-refractivity contribution in [3.05, 3.63) is 77.2 Å². The van der Waals surface area contributed by atoms with Crippen LogP contribution in [-0.4, -0.2) is 56.9 Å².